The monoisotopic (exact) mass is 379 g/mol. The number of hydrogen-bond donors (Lipinski definition) is 0. The van der Waals surface area contributed by atoms with Crippen molar-refractivity contribution in [1.82, 2.24) is 4.90 Å². The smallest absolute Gasteiger partial charge is 0.291 e. The van der Waals surface area contributed by atoms with Gasteiger partial charge in [-0.15, -0.1) is 6.58 Å². The van der Waals surface area contributed by atoms with Gasteiger partial charge in [0.25, 0.3) is 5.91 Å². The molecule has 3 aromatic rings. The molecule has 0 fully saturated rings. The Kier molecular flexibility index (Phi) is 4.16. The standard InChI is InChI=1S/C22H18ClNO3/c1-4-9-24-19(14-5-7-15(23)8-6-14)18-20(25)17-13(3)10-12(2)11-16(17)27-21(18)22(24)26/h4-8,10-11,19H,1,9H2,2-3H3. The van der Waals surface area contributed by atoms with Gasteiger partial charge in [0.2, 0.25) is 5.76 Å². The lowest BCUT2D eigenvalue weighted by Gasteiger charge is -2.23. The summed E-state index contributed by atoms with van der Waals surface area (Å²) in [4.78, 5) is 28.0. The van der Waals surface area contributed by atoms with Crippen molar-refractivity contribution < 1.29 is 9.21 Å². The topological polar surface area (TPSA) is 50.5 Å². The Bertz CT molecular complexity index is 1140. The molecule has 0 bridgehead atoms. The number of rotatable bonds is 3. The molecule has 1 aliphatic heterocycles. The molecule has 2 aromatic carbocycles. The van der Waals surface area contributed by atoms with Gasteiger partial charge < -0.3 is 9.32 Å². The summed E-state index contributed by atoms with van der Waals surface area (Å²) in [6.45, 7) is 7.87. The summed E-state index contributed by atoms with van der Waals surface area (Å²) < 4.78 is 5.96. The lowest BCUT2D eigenvalue weighted by atomic mass is 9.97. The average Bonchev–Trinajstić information content (AvgIpc) is 2.88. The molecule has 0 saturated carbocycles. The number of aryl methyl sites for hydroxylation is 2. The Balaban J connectivity index is 2.05. The highest BCUT2D eigenvalue weighted by Crippen LogP contribution is 2.38. The van der Waals surface area contributed by atoms with Gasteiger partial charge in [-0.2, -0.15) is 0 Å². The minimum Gasteiger partial charge on any atom is -0.450 e. The van der Waals surface area contributed by atoms with Crippen molar-refractivity contribution in [3.05, 3.63) is 92.3 Å². The van der Waals surface area contributed by atoms with E-state index in [1.165, 1.54) is 0 Å². The van der Waals surface area contributed by atoms with Gasteiger partial charge in [-0.05, 0) is 48.7 Å². The summed E-state index contributed by atoms with van der Waals surface area (Å²) in [5, 5.41) is 1.11. The Morgan fingerprint density at radius 2 is 1.89 bits per heavy atom. The lowest BCUT2D eigenvalue weighted by molar-refractivity contribution is 0.0748. The first kappa shape index (κ1) is 17.6. The summed E-state index contributed by atoms with van der Waals surface area (Å²) in [6, 6.07) is 10.4. The molecule has 0 radical (unpaired) electrons. The number of amides is 1. The molecule has 27 heavy (non-hydrogen) atoms. The first-order chi connectivity index (χ1) is 12.9. The van der Waals surface area contributed by atoms with Crippen molar-refractivity contribution in [3.8, 4) is 0 Å². The van der Waals surface area contributed by atoms with E-state index in [2.05, 4.69) is 6.58 Å². The minimum atomic E-state index is -0.524. The molecule has 1 unspecified atom stereocenters. The second kappa shape index (κ2) is 6.39. The SMILES string of the molecule is C=CCN1C(=O)c2oc3cc(C)cc(C)c3c(=O)c2C1c1ccc(Cl)cc1. The van der Waals surface area contributed by atoms with Crippen LogP contribution in [0.1, 0.15) is 38.9 Å². The number of hydrogen-bond acceptors (Lipinski definition) is 3. The molecule has 1 amide bonds. The van der Waals surface area contributed by atoms with E-state index >= 15 is 0 Å². The van der Waals surface area contributed by atoms with Gasteiger partial charge in [0.1, 0.15) is 5.58 Å². The zero-order chi connectivity index (χ0) is 19.3. The maximum absolute atomic E-state index is 13.4. The van der Waals surface area contributed by atoms with Crippen LogP contribution in [0.25, 0.3) is 11.0 Å². The highest BCUT2D eigenvalue weighted by Gasteiger charge is 2.42. The van der Waals surface area contributed by atoms with Gasteiger partial charge in [-0.1, -0.05) is 35.9 Å². The van der Waals surface area contributed by atoms with Crippen LogP contribution in [0.2, 0.25) is 5.02 Å². The van der Waals surface area contributed by atoms with Gasteiger partial charge in [-0.25, -0.2) is 0 Å². The van der Waals surface area contributed by atoms with Crippen LogP contribution in [0, 0.1) is 13.8 Å². The average molecular weight is 380 g/mol. The molecule has 0 aliphatic carbocycles. The van der Waals surface area contributed by atoms with Gasteiger partial charge in [-0.3, -0.25) is 9.59 Å². The van der Waals surface area contributed by atoms with E-state index in [1.807, 2.05) is 32.0 Å². The quantitative estimate of drug-likeness (QED) is 0.614. The van der Waals surface area contributed by atoms with Crippen molar-refractivity contribution in [2.75, 3.05) is 6.54 Å². The third-order valence-electron chi connectivity index (χ3n) is 4.92. The summed E-state index contributed by atoms with van der Waals surface area (Å²) >= 11 is 6.01. The molecule has 1 aliphatic rings. The van der Waals surface area contributed by atoms with Gasteiger partial charge in [0.05, 0.1) is 17.0 Å². The number of fused-ring (bicyclic) bond motifs is 2. The van der Waals surface area contributed by atoms with Crippen LogP contribution >= 0.6 is 11.6 Å². The van der Waals surface area contributed by atoms with Crippen LogP contribution in [-0.2, 0) is 0 Å². The van der Waals surface area contributed by atoms with Crippen molar-refractivity contribution >= 4 is 28.5 Å². The molecule has 4 nitrogen and oxygen atoms in total. The first-order valence-electron chi connectivity index (χ1n) is 8.67. The number of nitrogens with zero attached hydrogens (tertiary/aromatic N) is 1. The molecule has 0 saturated heterocycles. The van der Waals surface area contributed by atoms with E-state index in [0.717, 1.165) is 16.7 Å². The van der Waals surface area contributed by atoms with Crippen molar-refractivity contribution in [1.29, 1.82) is 0 Å². The molecule has 0 N–H and O–H groups in total. The van der Waals surface area contributed by atoms with E-state index in [1.54, 1.807) is 29.2 Å². The van der Waals surface area contributed by atoms with Crippen LogP contribution in [-0.4, -0.2) is 17.4 Å². The van der Waals surface area contributed by atoms with Crippen LogP contribution in [0.3, 0.4) is 0 Å². The Hall–Kier alpha value is -2.85. The molecule has 1 atom stereocenters. The fraction of sp³-hybridized carbons (Fsp3) is 0.182. The van der Waals surface area contributed by atoms with E-state index < -0.39 is 6.04 Å². The van der Waals surface area contributed by atoms with Gasteiger partial charge in [0.15, 0.2) is 5.43 Å². The Labute approximate surface area is 161 Å². The first-order valence-corrected chi connectivity index (χ1v) is 9.05. The van der Waals surface area contributed by atoms with Crippen LogP contribution in [0.4, 0.5) is 0 Å². The summed E-state index contributed by atoms with van der Waals surface area (Å²) in [6.07, 6.45) is 1.65. The van der Waals surface area contributed by atoms with Gasteiger partial charge >= 0.3 is 0 Å². The Morgan fingerprint density at radius 3 is 2.56 bits per heavy atom. The van der Waals surface area contributed by atoms with E-state index in [9.17, 15) is 9.59 Å². The second-order valence-corrected chi connectivity index (χ2v) is 7.27. The molecule has 0 spiro atoms. The predicted octanol–water partition coefficient (Wildman–Crippen LogP) is 4.79. The molecular formula is C22H18ClNO3. The third-order valence-corrected chi connectivity index (χ3v) is 5.18. The molecule has 5 heteroatoms. The summed E-state index contributed by atoms with van der Waals surface area (Å²) in [5.41, 5.74) is 3.29. The minimum absolute atomic E-state index is 0.110. The number of halogens is 1. The number of carbonyl (C=O) groups is 1. The predicted molar refractivity (Wildman–Crippen MR) is 106 cm³/mol. The highest BCUT2D eigenvalue weighted by molar-refractivity contribution is 6.30. The zero-order valence-electron chi connectivity index (χ0n) is 15.1. The van der Waals surface area contributed by atoms with Crippen LogP contribution < -0.4 is 5.43 Å². The zero-order valence-corrected chi connectivity index (χ0v) is 15.8. The van der Waals surface area contributed by atoms with Crippen molar-refractivity contribution in [2.24, 2.45) is 0 Å². The molecule has 4 rings (SSSR count). The third kappa shape index (κ3) is 2.68. The van der Waals surface area contributed by atoms with E-state index in [4.69, 9.17) is 16.0 Å². The van der Waals surface area contributed by atoms with Crippen LogP contribution in [0.15, 0.2) is 58.3 Å². The summed E-state index contributed by atoms with van der Waals surface area (Å²) in [7, 11) is 0. The van der Waals surface area contributed by atoms with Crippen molar-refractivity contribution in [3.63, 3.8) is 0 Å². The normalized spacial score (nSPS) is 16.0. The summed E-state index contributed by atoms with van der Waals surface area (Å²) in [5.74, 6) is -0.192. The molecule has 2 heterocycles. The number of benzene rings is 2. The highest BCUT2D eigenvalue weighted by atomic mass is 35.5. The molecule has 1 aromatic heterocycles. The van der Waals surface area contributed by atoms with Crippen molar-refractivity contribution in [2.45, 2.75) is 19.9 Å². The van der Waals surface area contributed by atoms with E-state index in [-0.39, 0.29) is 17.1 Å². The lowest BCUT2D eigenvalue weighted by Crippen LogP contribution is -2.29. The molecular weight excluding hydrogens is 362 g/mol. The van der Waals surface area contributed by atoms with Crippen LogP contribution in [0.5, 0.6) is 0 Å². The maximum atomic E-state index is 13.4. The fourth-order valence-corrected chi connectivity index (χ4v) is 3.96. The maximum Gasteiger partial charge on any atom is 0.291 e. The van der Waals surface area contributed by atoms with Gasteiger partial charge in [0, 0.05) is 11.6 Å². The largest absolute Gasteiger partial charge is 0.450 e. The van der Waals surface area contributed by atoms with E-state index in [0.29, 0.717) is 28.1 Å². The molecule has 136 valence electrons. The Morgan fingerprint density at radius 1 is 1.19 bits per heavy atom. The fourth-order valence-electron chi connectivity index (χ4n) is 3.83. The second-order valence-electron chi connectivity index (χ2n) is 6.83. The number of carbonyl (C=O) groups excluding carboxylic acids is 1.